The monoisotopic (exact) mass is 308 g/mol. The highest BCUT2D eigenvalue weighted by Crippen LogP contribution is 2.24. The second kappa shape index (κ2) is 6.45. The lowest BCUT2D eigenvalue weighted by molar-refractivity contribution is 0.102. The van der Waals surface area contributed by atoms with Gasteiger partial charge in [0, 0.05) is 23.8 Å². The summed E-state index contributed by atoms with van der Waals surface area (Å²) in [5, 5.41) is 5.82. The van der Waals surface area contributed by atoms with E-state index in [4.69, 9.17) is 16.3 Å². The largest absolute Gasteiger partial charge is 0.497 e. The van der Waals surface area contributed by atoms with Crippen molar-refractivity contribution in [1.82, 2.24) is 0 Å². The molecule has 110 valence electrons. The van der Waals surface area contributed by atoms with Crippen LogP contribution in [0.2, 0.25) is 5.02 Å². The van der Waals surface area contributed by atoms with Crippen LogP contribution in [0.15, 0.2) is 36.4 Å². The Morgan fingerprint density at radius 1 is 1.19 bits per heavy atom. The standard InChI is InChI=1S/C15H14ClFN2O2/c1-18-13-6-3-9(16)7-11(13)15(20)19-14-8-10(21-2)4-5-12(14)17/h3-8,18H,1-2H3,(H,19,20). The second-order valence-electron chi connectivity index (χ2n) is 4.24. The summed E-state index contributed by atoms with van der Waals surface area (Å²) >= 11 is 5.90. The van der Waals surface area contributed by atoms with Gasteiger partial charge in [0.2, 0.25) is 0 Å². The quantitative estimate of drug-likeness (QED) is 0.903. The number of benzene rings is 2. The maximum Gasteiger partial charge on any atom is 0.257 e. The van der Waals surface area contributed by atoms with Crippen molar-refractivity contribution in [1.29, 1.82) is 0 Å². The van der Waals surface area contributed by atoms with Crippen molar-refractivity contribution in [2.45, 2.75) is 0 Å². The van der Waals surface area contributed by atoms with E-state index < -0.39 is 11.7 Å². The maximum atomic E-state index is 13.7. The van der Waals surface area contributed by atoms with Gasteiger partial charge in [0.15, 0.2) is 0 Å². The van der Waals surface area contributed by atoms with E-state index in [9.17, 15) is 9.18 Å². The molecule has 2 rings (SSSR count). The van der Waals surface area contributed by atoms with Gasteiger partial charge in [-0.25, -0.2) is 4.39 Å². The molecular formula is C15H14ClFN2O2. The van der Waals surface area contributed by atoms with Crippen LogP contribution in [0, 0.1) is 5.82 Å². The molecule has 2 aromatic carbocycles. The van der Waals surface area contributed by atoms with Gasteiger partial charge in [-0.1, -0.05) is 11.6 Å². The molecule has 2 N–H and O–H groups in total. The molecule has 0 fully saturated rings. The van der Waals surface area contributed by atoms with E-state index in [1.165, 1.54) is 31.4 Å². The third-order valence-electron chi connectivity index (χ3n) is 2.92. The van der Waals surface area contributed by atoms with Gasteiger partial charge in [-0.05, 0) is 30.3 Å². The Morgan fingerprint density at radius 2 is 1.95 bits per heavy atom. The van der Waals surface area contributed by atoms with E-state index in [-0.39, 0.29) is 5.69 Å². The number of carbonyl (C=O) groups excluding carboxylic acids is 1. The van der Waals surface area contributed by atoms with Crippen LogP contribution in [0.25, 0.3) is 0 Å². The summed E-state index contributed by atoms with van der Waals surface area (Å²) in [7, 11) is 3.15. The molecule has 0 bridgehead atoms. The highest BCUT2D eigenvalue weighted by molar-refractivity contribution is 6.31. The topological polar surface area (TPSA) is 50.4 Å². The van der Waals surface area contributed by atoms with Crippen LogP contribution < -0.4 is 15.4 Å². The van der Waals surface area contributed by atoms with Gasteiger partial charge >= 0.3 is 0 Å². The van der Waals surface area contributed by atoms with Crippen LogP contribution in [-0.4, -0.2) is 20.1 Å². The predicted octanol–water partition coefficient (Wildman–Crippen LogP) is 3.78. The SMILES string of the molecule is CNc1ccc(Cl)cc1C(=O)Nc1cc(OC)ccc1F. The second-order valence-corrected chi connectivity index (χ2v) is 4.68. The summed E-state index contributed by atoms with van der Waals surface area (Å²) in [6.45, 7) is 0. The number of carbonyl (C=O) groups is 1. The third-order valence-corrected chi connectivity index (χ3v) is 3.15. The molecule has 4 nitrogen and oxygen atoms in total. The fraction of sp³-hybridized carbons (Fsp3) is 0.133. The van der Waals surface area contributed by atoms with Crippen LogP contribution >= 0.6 is 11.6 Å². The van der Waals surface area contributed by atoms with Gasteiger partial charge in [-0.2, -0.15) is 0 Å². The average molecular weight is 309 g/mol. The number of halogens is 2. The summed E-state index contributed by atoms with van der Waals surface area (Å²) in [4.78, 5) is 12.3. The molecule has 1 amide bonds. The zero-order chi connectivity index (χ0) is 15.4. The Hall–Kier alpha value is -2.27. The van der Waals surface area contributed by atoms with Crippen LogP contribution in [0.1, 0.15) is 10.4 Å². The van der Waals surface area contributed by atoms with E-state index in [1.807, 2.05) is 0 Å². The lowest BCUT2D eigenvalue weighted by Gasteiger charge is -2.11. The van der Waals surface area contributed by atoms with Crippen molar-refractivity contribution in [3.63, 3.8) is 0 Å². The molecule has 0 radical (unpaired) electrons. The van der Waals surface area contributed by atoms with E-state index in [0.717, 1.165) is 0 Å². The Labute approximate surface area is 126 Å². The molecule has 0 spiro atoms. The summed E-state index contributed by atoms with van der Waals surface area (Å²) in [5.74, 6) is -0.558. The Morgan fingerprint density at radius 3 is 2.62 bits per heavy atom. The smallest absolute Gasteiger partial charge is 0.257 e. The lowest BCUT2D eigenvalue weighted by atomic mass is 10.1. The van der Waals surface area contributed by atoms with Gasteiger partial charge in [0.25, 0.3) is 5.91 Å². The number of ether oxygens (including phenoxy) is 1. The highest BCUT2D eigenvalue weighted by Gasteiger charge is 2.14. The number of amides is 1. The number of methoxy groups -OCH3 is 1. The number of anilines is 2. The van der Waals surface area contributed by atoms with E-state index >= 15 is 0 Å². The van der Waals surface area contributed by atoms with Gasteiger partial charge < -0.3 is 15.4 Å². The van der Waals surface area contributed by atoms with Crippen molar-refractivity contribution >= 4 is 28.9 Å². The minimum atomic E-state index is -0.544. The molecule has 0 saturated heterocycles. The zero-order valence-electron chi connectivity index (χ0n) is 11.5. The van der Waals surface area contributed by atoms with Crippen LogP contribution in [-0.2, 0) is 0 Å². The van der Waals surface area contributed by atoms with E-state index in [2.05, 4.69) is 10.6 Å². The summed E-state index contributed by atoms with van der Waals surface area (Å²) < 4.78 is 18.7. The minimum absolute atomic E-state index is 0.0429. The minimum Gasteiger partial charge on any atom is -0.497 e. The molecule has 2 aromatic rings. The average Bonchev–Trinajstić information content (AvgIpc) is 2.49. The number of rotatable bonds is 4. The number of hydrogen-bond donors (Lipinski definition) is 2. The normalized spacial score (nSPS) is 10.1. The first-order valence-electron chi connectivity index (χ1n) is 6.17. The van der Waals surface area contributed by atoms with Gasteiger partial charge in [-0.3, -0.25) is 4.79 Å². The first-order valence-corrected chi connectivity index (χ1v) is 6.55. The third kappa shape index (κ3) is 3.44. The molecule has 0 aliphatic heterocycles. The maximum absolute atomic E-state index is 13.7. The van der Waals surface area contributed by atoms with Gasteiger partial charge in [-0.15, -0.1) is 0 Å². The van der Waals surface area contributed by atoms with Crippen molar-refractivity contribution in [3.8, 4) is 5.75 Å². The van der Waals surface area contributed by atoms with Gasteiger partial charge in [0.05, 0.1) is 18.4 Å². The Kier molecular flexibility index (Phi) is 4.65. The van der Waals surface area contributed by atoms with E-state index in [1.54, 1.807) is 19.2 Å². The highest BCUT2D eigenvalue weighted by atomic mass is 35.5. The van der Waals surface area contributed by atoms with Crippen molar-refractivity contribution in [3.05, 3.63) is 52.8 Å². The van der Waals surface area contributed by atoms with Crippen molar-refractivity contribution in [2.75, 3.05) is 24.8 Å². The zero-order valence-corrected chi connectivity index (χ0v) is 12.3. The summed E-state index contributed by atoms with van der Waals surface area (Å²) in [6.07, 6.45) is 0. The number of hydrogen-bond acceptors (Lipinski definition) is 3. The Balaban J connectivity index is 2.32. The molecule has 0 heterocycles. The molecule has 21 heavy (non-hydrogen) atoms. The Bertz CT molecular complexity index is 677. The molecule has 0 aliphatic carbocycles. The summed E-state index contributed by atoms with van der Waals surface area (Å²) in [5.41, 5.74) is 0.966. The molecule has 0 aliphatic rings. The van der Waals surface area contributed by atoms with Crippen LogP contribution in [0.3, 0.4) is 0 Å². The van der Waals surface area contributed by atoms with E-state index in [0.29, 0.717) is 22.0 Å². The molecule has 0 saturated carbocycles. The lowest BCUT2D eigenvalue weighted by Crippen LogP contribution is -2.15. The van der Waals surface area contributed by atoms with Gasteiger partial charge in [0.1, 0.15) is 11.6 Å². The predicted molar refractivity (Wildman–Crippen MR) is 81.9 cm³/mol. The first-order chi connectivity index (χ1) is 10.0. The first kappa shape index (κ1) is 15.1. The fourth-order valence-corrected chi connectivity index (χ4v) is 2.01. The molecule has 0 aromatic heterocycles. The fourth-order valence-electron chi connectivity index (χ4n) is 1.84. The molecule has 6 heteroatoms. The number of nitrogens with one attached hydrogen (secondary N) is 2. The van der Waals surface area contributed by atoms with Crippen LogP contribution in [0.5, 0.6) is 5.75 Å². The van der Waals surface area contributed by atoms with Crippen LogP contribution in [0.4, 0.5) is 15.8 Å². The summed E-state index contributed by atoms with van der Waals surface area (Å²) in [6, 6.07) is 8.97. The molecule has 0 atom stereocenters. The van der Waals surface area contributed by atoms with Crippen molar-refractivity contribution < 1.29 is 13.9 Å². The molecule has 0 unspecified atom stereocenters. The van der Waals surface area contributed by atoms with Crippen molar-refractivity contribution in [2.24, 2.45) is 0 Å². The molecular weight excluding hydrogens is 295 g/mol.